The fourth-order valence-corrected chi connectivity index (χ4v) is 2.08. The first-order valence-electron chi connectivity index (χ1n) is 5.99. The minimum Gasteiger partial charge on any atom is -0.392 e. The van der Waals surface area contributed by atoms with E-state index in [0.717, 1.165) is 17.9 Å². The van der Waals surface area contributed by atoms with Gasteiger partial charge in [-0.05, 0) is 18.6 Å². The molecule has 2 unspecified atom stereocenters. The third-order valence-electron chi connectivity index (χ3n) is 3.76. The lowest BCUT2D eigenvalue weighted by Gasteiger charge is -2.49. The summed E-state index contributed by atoms with van der Waals surface area (Å²) in [7, 11) is 3.95. The van der Waals surface area contributed by atoms with Gasteiger partial charge in [-0.25, -0.2) is 4.98 Å². The molecule has 1 aliphatic rings. The first-order valence-corrected chi connectivity index (χ1v) is 5.99. The highest BCUT2D eigenvalue weighted by Gasteiger charge is 2.47. The van der Waals surface area contributed by atoms with Crippen LogP contribution in [0.4, 0.5) is 11.5 Å². The molecular formula is C13H21N3O. The van der Waals surface area contributed by atoms with Crippen LogP contribution in [0, 0.1) is 5.41 Å². The van der Waals surface area contributed by atoms with Crippen LogP contribution in [0.25, 0.3) is 0 Å². The average molecular weight is 235 g/mol. The average Bonchev–Trinajstić information content (AvgIpc) is 2.29. The molecule has 0 aromatic carbocycles. The number of rotatable bonds is 3. The Hall–Kier alpha value is -1.29. The number of nitrogens with one attached hydrogen (secondary N) is 1. The molecule has 0 saturated heterocycles. The molecule has 0 aliphatic heterocycles. The summed E-state index contributed by atoms with van der Waals surface area (Å²) in [4.78, 5) is 6.33. The Labute approximate surface area is 103 Å². The van der Waals surface area contributed by atoms with Crippen molar-refractivity contribution in [3.05, 3.63) is 18.3 Å². The molecule has 2 rings (SSSR count). The number of aliphatic hydroxyl groups excluding tert-OH is 1. The Morgan fingerprint density at radius 3 is 2.53 bits per heavy atom. The second kappa shape index (κ2) is 4.18. The smallest absolute Gasteiger partial charge is 0.128 e. The van der Waals surface area contributed by atoms with E-state index in [4.69, 9.17) is 0 Å². The summed E-state index contributed by atoms with van der Waals surface area (Å²) >= 11 is 0. The summed E-state index contributed by atoms with van der Waals surface area (Å²) < 4.78 is 0. The normalized spacial score (nSPS) is 26.2. The van der Waals surface area contributed by atoms with Gasteiger partial charge in [-0.15, -0.1) is 0 Å². The Balaban J connectivity index is 2.01. The molecule has 1 aromatic rings. The Kier molecular flexibility index (Phi) is 3.00. The van der Waals surface area contributed by atoms with Crippen LogP contribution in [-0.4, -0.2) is 36.3 Å². The van der Waals surface area contributed by atoms with Crippen LogP contribution in [0.1, 0.15) is 20.3 Å². The number of aliphatic hydroxyl groups is 1. The summed E-state index contributed by atoms with van der Waals surface area (Å²) in [6.07, 6.45) is 2.45. The van der Waals surface area contributed by atoms with Crippen LogP contribution < -0.4 is 10.2 Å². The van der Waals surface area contributed by atoms with Crippen molar-refractivity contribution in [2.24, 2.45) is 5.41 Å². The molecule has 0 bridgehead atoms. The molecule has 2 N–H and O–H groups in total. The van der Waals surface area contributed by atoms with E-state index in [1.807, 2.05) is 37.3 Å². The lowest BCUT2D eigenvalue weighted by atomic mass is 9.64. The maximum Gasteiger partial charge on any atom is 0.128 e. The second-order valence-corrected chi connectivity index (χ2v) is 5.57. The third kappa shape index (κ3) is 2.22. The predicted molar refractivity (Wildman–Crippen MR) is 70.4 cm³/mol. The van der Waals surface area contributed by atoms with E-state index in [0.29, 0.717) is 6.04 Å². The van der Waals surface area contributed by atoms with E-state index < -0.39 is 0 Å². The summed E-state index contributed by atoms with van der Waals surface area (Å²) in [5, 5.41) is 13.1. The zero-order chi connectivity index (χ0) is 12.6. The minimum absolute atomic E-state index is 0.0553. The van der Waals surface area contributed by atoms with Crippen LogP contribution in [0.5, 0.6) is 0 Å². The molecule has 17 heavy (non-hydrogen) atoms. The number of pyridine rings is 1. The van der Waals surface area contributed by atoms with Crippen molar-refractivity contribution in [1.82, 2.24) is 4.98 Å². The van der Waals surface area contributed by atoms with Crippen molar-refractivity contribution in [1.29, 1.82) is 0 Å². The maximum atomic E-state index is 9.68. The summed E-state index contributed by atoms with van der Waals surface area (Å²) in [6, 6.07) is 4.34. The van der Waals surface area contributed by atoms with Gasteiger partial charge < -0.3 is 15.3 Å². The molecule has 94 valence electrons. The molecule has 1 saturated carbocycles. The Morgan fingerprint density at radius 1 is 1.41 bits per heavy atom. The highest BCUT2D eigenvalue weighted by Crippen LogP contribution is 2.42. The summed E-state index contributed by atoms with van der Waals surface area (Å²) in [5.74, 6) is 0.948. The first kappa shape index (κ1) is 12.2. The van der Waals surface area contributed by atoms with Gasteiger partial charge in [0.25, 0.3) is 0 Å². The molecular weight excluding hydrogens is 214 g/mol. The zero-order valence-electron chi connectivity index (χ0n) is 10.9. The number of nitrogens with zero attached hydrogens (tertiary/aromatic N) is 2. The van der Waals surface area contributed by atoms with Gasteiger partial charge in [0.1, 0.15) is 5.82 Å². The van der Waals surface area contributed by atoms with E-state index in [9.17, 15) is 5.11 Å². The van der Waals surface area contributed by atoms with E-state index in [1.165, 1.54) is 0 Å². The maximum absolute atomic E-state index is 9.68. The van der Waals surface area contributed by atoms with Crippen molar-refractivity contribution in [3.8, 4) is 0 Å². The van der Waals surface area contributed by atoms with Crippen LogP contribution in [0.2, 0.25) is 0 Å². The van der Waals surface area contributed by atoms with Crippen LogP contribution in [0.3, 0.4) is 0 Å². The lowest BCUT2D eigenvalue weighted by molar-refractivity contribution is -0.0510. The van der Waals surface area contributed by atoms with E-state index in [1.54, 1.807) is 0 Å². The largest absolute Gasteiger partial charge is 0.392 e. The van der Waals surface area contributed by atoms with Gasteiger partial charge >= 0.3 is 0 Å². The van der Waals surface area contributed by atoms with Crippen LogP contribution in [-0.2, 0) is 0 Å². The molecule has 2 atom stereocenters. The molecule has 1 aromatic heterocycles. The van der Waals surface area contributed by atoms with Crippen molar-refractivity contribution in [2.75, 3.05) is 24.3 Å². The number of hydrogen-bond donors (Lipinski definition) is 2. The van der Waals surface area contributed by atoms with Crippen LogP contribution >= 0.6 is 0 Å². The molecule has 0 amide bonds. The van der Waals surface area contributed by atoms with Gasteiger partial charge in [-0.1, -0.05) is 13.8 Å². The lowest BCUT2D eigenvalue weighted by Crippen LogP contribution is -2.56. The van der Waals surface area contributed by atoms with Gasteiger partial charge in [-0.3, -0.25) is 0 Å². The van der Waals surface area contributed by atoms with Crippen molar-refractivity contribution in [2.45, 2.75) is 32.4 Å². The number of anilines is 2. The first-order chi connectivity index (χ1) is 7.91. The highest BCUT2D eigenvalue weighted by molar-refractivity contribution is 5.49. The Morgan fingerprint density at radius 2 is 2.12 bits per heavy atom. The predicted octanol–water partition coefficient (Wildman–Crippen LogP) is 1.72. The van der Waals surface area contributed by atoms with Crippen LogP contribution in [0.15, 0.2) is 18.3 Å². The molecule has 4 nitrogen and oxygen atoms in total. The second-order valence-electron chi connectivity index (χ2n) is 5.57. The monoisotopic (exact) mass is 235 g/mol. The molecule has 0 spiro atoms. The fraction of sp³-hybridized carbons (Fsp3) is 0.615. The quantitative estimate of drug-likeness (QED) is 0.837. The van der Waals surface area contributed by atoms with Gasteiger partial charge in [0.2, 0.25) is 0 Å². The van der Waals surface area contributed by atoms with E-state index in [-0.39, 0.29) is 11.5 Å². The molecule has 1 fully saturated rings. The van der Waals surface area contributed by atoms with Crippen molar-refractivity contribution in [3.63, 3.8) is 0 Å². The third-order valence-corrected chi connectivity index (χ3v) is 3.76. The van der Waals surface area contributed by atoms with Gasteiger partial charge in [-0.2, -0.15) is 0 Å². The molecule has 1 heterocycles. The van der Waals surface area contributed by atoms with Gasteiger partial charge in [0.15, 0.2) is 0 Å². The number of hydrogen-bond acceptors (Lipinski definition) is 4. The van der Waals surface area contributed by atoms with E-state index in [2.05, 4.69) is 24.1 Å². The summed E-state index contributed by atoms with van der Waals surface area (Å²) in [5.41, 5.74) is 0.959. The molecule has 0 radical (unpaired) electrons. The van der Waals surface area contributed by atoms with Gasteiger partial charge in [0, 0.05) is 25.6 Å². The zero-order valence-corrected chi connectivity index (χ0v) is 10.9. The van der Waals surface area contributed by atoms with Gasteiger partial charge in [0.05, 0.1) is 18.0 Å². The van der Waals surface area contributed by atoms with Crippen molar-refractivity contribution < 1.29 is 5.11 Å². The fourth-order valence-electron chi connectivity index (χ4n) is 2.08. The minimum atomic E-state index is -0.200. The Bertz CT molecular complexity index is 386. The standard InChI is InChI=1S/C13H21N3O/c1-13(2)10(7-11(13)17)15-9-5-6-12(14-8-9)16(3)4/h5-6,8,10-11,15,17H,7H2,1-4H3. The van der Waals surface area contributed by atoms with E-state index >= 15 is 0 Å². The molecule has 4 heteroatoms. The van der Waals surface area contributed by atoms with Crippen molar-refractivity contribution >= 4 is 11.5 Å². The number of aromatic nitrogens is 1. The SMILES string of the molecule is CN(C)c1ccc(NC2CC(O)C2(C)C)cn1. The summed E-state index contributed by atoms with van der Waals surface area (Å²) in [6.45, 7) is 4.17. The molecule has 1 aliphatic carbocycles. The highest BCUT2D eigenvalue weighted by atomic mass is 16.3. The topological polar surface area (TPSA) is 48.4 Å².